The van der Waals surface area contributed by atoms with E-state index < -0.39 is 13.9 Å². The summed E-state index contributed by atoms with van der Waals surface area (Å²) >= 11 is 0. The Hall–Kier alpha value is -0.880. The van der Waals surface area contributed by atoms with Crippen molar-refractivity contribution in [3.05, 3.63) is 29.8 Å². The zero-order valence-electron chi connectivity index (χ0n) is 12.8. The molecule has 0 heterocycles. The second kappa shape index (κ2) is 5.63. The van der Waals surface area contributed by atoms with Gasteiger partial charge in [0.1, 0.15) is 0 Å². The van der Waals surface area contributed by atoms with E-state index in [1.165, 1.54) is 5.30 Å². The summed E-state index contributed by atoms with van der Waals surface area (Å²) in [6, 6.07) is 8.02. The van der Waals surface area contributed by atoms with Gasteiger partial charge in [-0.2, -0.15) is 0 Å². The molecule has 0 saturated heterocycles. The molecule has 0 aliphatic carbocycles. The van der Waals surface area contributed by atoms with Crippen molar-refractivity contribution in [2.45, 2.75) is 58.3 Å². The number of carbonyl (C=O) groups is 1. The lowest BCUT2D eigenvalue weighted by molar-refractivity contribution is -0.136. The highest BCUT2D eigenvalue weighted by atomic mass is 31.1. The van der Waals surface area contributed by atoms with Crippen LogP contribution in [0.15, 0.2) is 24.3 Å². The second-order valence-electron chi connectivity index (χ2n) is 6.88. The number of hydrogen-bond donors (Lipinski definition) is 1. The highest BCUT2D eigenvalue weighted by molar-refractivity contribution is 7.68. The molecule has 19 heavy (non-hydrogen) atoms. The predicted molar refractivity (Wildman–Crippen MR) is 83.8 cm³/mol. The number of carboxylic acids is 1. The summed E-state index contributed by atoms with van der Waals surface area (Å²) in [6.07, 6.45) is 0.112. The first-order valence-corrected chi connectivity index (χ1v) is 7.97. The van der Waals surface area contributed by atoms with Gasteiger partial charge >= 0.3 is 5.97 Å². The Bertz CT molecular complexity index is 439. The fraction of sp³-hybridized carbons (Fsp3) is 0.562. The fourth-order valence-electron chi connectivity index (χ4n) is 2.77. The van der Waals surface area contributed by atoms with Gasteiger partial charge in [0.05, 0.1) is 6.42 Å². The van der Waals surface area contributed by atoms with Crippen LogP contribution < -0.4 is 5.30 Å². The fourth-order valence-corrected chi connectivity index (χ4v) is 6.90. The Morgan fingerprint density at radius 2 is 1.53 bits per heavy atom. The first kappa shape index (κ1) is 16.2. The minimum Gasteiger partial charge on any atom is -0.481 e. The molecule has 1 rings (SSSR count). The average molecular weight is 280 g/mol. The number of aliphatic carboxylic acids is 1. The lowest BCUT2D eigenvalue weighted by atomic mass is 10.1. The van der Waals surface area contributed by atoms with Gasteiger partial charge in [0.25, 0.3) is 0 Å². The zero-order chi connectivity index (χ0) is 14.8. The Morgan fingerprint density at radius 1 is 1.05 bits per heavy atom. The molecule has 0 aliphatic heterocycles. The van der Waals surface area contributed by atoms with E-state index >= 15 is 0 Å². The molecule has 1 N–H and O–H groups in total. The molecule has 1 aromatic rings. The van der Waals surface area contributed by atoms with Crippen molar-refractivity contribution in [3.8, 4) is 0 Å². The number of benzene rings is 1. The third-order valence-corrected chi connectivity index (χ3v) is 6.52. The Labute approximate surface area is 118 Å². The van der Waals surface area contributed by atoms with Crippen molar-refractivity contribution < 1.29 is 9.90 Å². The molecule has 0 spiro atoms. The lowest BCUT2D eigenvalue weighted by Gasteiger charge is -2.42. The van der Waals surface area contributed by atoms with Crippen LogP contribution in [0.3, 0.4) is 0 Å². The summed E-state index contributed by atoms with van der Waals surface area (Å²) < 4.78 is 0. The molecule has 0 radical (unpaired) electrons. The maximum Gasteiger partial charge on any atom is 0.307 e. The van der Waals surface area contributed by atoms with Gasteiger partial charge in [0.15, 0.2) is 0 Å². The van der Waals surface area contributed by atoms with Gasteiger partial charge in [-0.05, 0) is 21.2 Å². The summed E-state index contributed by atoms with van der Waals surface area (Å²) in [5, 5.41) is 10.6. The molecular formula is C16H25O2P. The predicted octanol–water partition coefficient (Wildman–Crippen LogP) is 4.02. The van der Waals surface area contributed by atoms with Gasteiger partial charge in [-0.1, -0.05) is 73.7 Å². The average Bonchev–Trinajstić information content (AvgIpc) is 2.15. The number of hydrogen-bond acceptors (Lipinski definition) is 1. The molecular weight excluding hydrogens is 255 g/mol. The van der Waals surface area contributed by atoms with Crippen molar-refractivity contribution >= 4 is 19.2 Å². The number of rotatable bonds is 3. The minimum atomic E-state index is -0.759. The van der Waals surface area contributed by atoms with Gasteiger partial charge in [0, 0.05) is 0 Å². The molecule has 0 aliphatic rings. The van der Waals surface area contributed by atoms with E-state index in [-0.39, 0.29) is 16.7 Å². The molecule has 0 bridgehead atoms. The highest BCUT2D eigenvalue weighted by Gasteiger charge is 2.36. The molecule has 0 aromatic heterocycles. The summed E-state index contributed by atoms with van der Waals surface area (Å²) in [5.41, 5.74) is 0.964. The van der Waals surface area contributed by atoms with E-state index in [1.807, 2.05) is 18.2 Å². The SMILES string of the molecule is CC(C)(C)P(c1ccccc1CC(=O)O)C(C)(C)C. The van der Waals surface area contributed by atoms with Crippen LogP contribution in [0.2, 0.25) is 0 Å². The van der Waals surface area contributed by atoms with Crippen molar-refractivity contribution in [3.63, 3.8) is 0 Å². The molecule has 106 valence electrons. The topological polar surface area (TPSA) is 37.3 Å². The molecule has 0 atom stereocenters. The molecule has 0 unspecified atom stereocenters. The van der Waals surface area contributed by atoms with Crippen LogP contribution >= 0.6 is 7.92 Å². The Balaban J connectivity index is 3.35. The van der Waals surface area contributed by atoms with Crippen LogP contribution in [0.5, 0.6) is 0 Å². The first-order valence-electron chi connectivity index (χ1n) is 6.63. The molecule has 1 aromatic carbocycles. The summed E-state index contributed by atoms with van der Waals surface area (Å²) in [4.78, 5) is 11.1. The van der Waals surface area contributed by atoms with Crippen molar-refractivity contribution in [2.75, 3.05) is 0 Å². The standard InChI is InChI=1S/C16H25O2P/c1-15(2,3)19(16(4,5)6)13-10-8-7-9-12(13)11-14(17)18/h7-10H,11H2,1-6H3,(H,17,18). The van der Waals surface area contributed by atoms with E-state index in [1.54, 1.807) is 0 Å². The van der Waals surface area contributed by atoms with Crippen molar-refractivity contribution in [2.24, 2.45) is 0 Å². The molecule has 3 heteroatoms. The van der Waals surface area contributed by atoms with E-state index in [9.17, 15) is 4.79 Å². The zero-order valence-corrected chi connectivity index (χ0v) is 13.7. The van der Waals surface area contributed by atoms with E-state index in [4.69, 9.17) is 5.11 Å². The minimum absolute atomic E-state index is 0.112. The Morgan fingerprint density at radius 3 is 1.95 bits per heavy atom. The van der Waals surface area contributed by atoms with Crippen LogP contribution in [-0.4, -0.2) is 21.4 Å². The van der Waals surface area contributed by atoms with Gasteiger partial charge < -0.3 is 5.11 Å². The maximum atomic E-state index is 11.1. The van der Waals surface area contributed by atoms with Gasteiger partial charge in [0.2, 0.25) is 0 Å². The third kappa shape index (κ3) is 4.31. The smallest absolute Gasteiger partial charge is 0.307 e. The summed E-state index contributed by atoms with van der Waals surface area (Å²) in [6.45, 7) is 13.5. The normalized spacial score (nSPS) is 12.8. The van der Waals surface area contributed by atoms with E-state index in [0.717, 1.165) is 5.56 Å². The largest absolute Gasteiger partial charge is 0.481 e. The monoisotopic (exact) mass is 280 g/mol. The Kier molecular flexibility index (Phi) is 4.79. The van der Waals surface area contributed by atoms with Crippen LogP contribution in [0.1, 0.15) is 47.1 Å². The van der Waals surface area contributed by atoms with E-state index in [0.29, 0.717) is 0 Å². The quantitative estimate of drug-likeness (QED) is 0.849. The van der Waals surface area contributed by atoms with E-state index in [2.05, 4.69) is 47.6 Å². The number of carboxylic acid groups (broad SMARTS) is 1. The molecule has 2 nitrogen and oxygen atoms in total. The first-order chi connectivity index (χ1) is 8.53. The maximum absolute atomic E-state index is 11.1. The van der Waals surface area contributed by atoms with Crippen LogP contribution in [0, 0.1) is 0 Å². The van der Waals surface area contributed by atoms with Crippen molar-refractivity contribution in [1.29, 1.82) is 0 Å². The van der Waals surface area contributed by atoms with Gasteiger partial charge in [-0.15, -0.1) is 0 Å². The van der Waals surface area contributed by atoms with Crippen LogP contribution in [-0.2, 0) is 11.2 Å². The van der Waals surface area contributed by atoms with Crippen LogP contribution in [0.25, 0.3) is 0 Å². The van der Waals surface area contributed by atoms with Gasteiger partial charge in [-0.3, -0.25) is 4.79 Å². The lowest BCUT2D eigenvalue weighted by Crippen LogP contribution is -2.33. The molecule has 0 amide bonds. The second-order valence-corrected chi connectivity index (χ2v) is 10.7. The van der Waals surface area contributed by atoms with Gasteiger partial charge in [-0.25, -0.2) is 0 Å². The summed E-state index contributed by atoms with van der Waals surface area (Å²) in [7, 11) is -0.453. The highest BCUT2D eigenvalue weighted by Crippen LogP contribution is 2.58. The molecule has 0 saturated carbocycles. The summed E-state index contributed by atoms with van der Waals surface area (Å²) in [5.74, 6) is -0.759. The molecule has 0 fully saturated rings. The third-order valence-electron chi connectivity index (χ3n) is 2.92. The van der Waals surface area contributed by atoms with Crippen molar-refractivity contribution in [1.82, 2.24) is 0 Å². The van der Waals surface area contributed by atoms with Crippen LogP contribution in [0.4, 0.5) is 0 Å².